The molecule has 0 saturated heterocycles. The standard InChI is InChI=1S/C12H23ClO3S/c1-9-4-10(2)6-12(5-9)16-7-11(3)8-17(13,14)15/h9-12H,4-8H2,1-3H3. The fraction of sp³-hybridized carbons (Fsp3) is 1.00. The van der Waals surface area contributed by atoms with Crippen LogP contribution in [0.25, 0.3) is 0 Å². The molecule has 0 aromatic heterocycles. The number of hydrogen-bond donors (Lipinski definition) is 0. The van der Waals surface area contributed by atoms with Crippen molar-refractivity contribution in [2.24, 2.45) is 17.8 Å². The summed E-state index contributed by atoms with van der Waals surface area (Å²) < 4.78 is 27.6. The summed E-state index contributed by atoms with van der Waals surface area (Å²) in [6.45, 7) is 6.84. The molecular formula is C12H23ClO3S. The molecule has 102 valence electrons. The van der Waals surface area contributed by atoms with Crippen LogP contribution in [-0.2, 0) is 13.8 Å². The highest BCUT2D eigenvalue weighted by molar-refractivity contribution is 8.13. The third-order valence-corrected chi connectivity index (χ3v) is 4.58. The molecule has 0 N–H and O–H groups in total. The smallest absolute Gasteiger partial charge is 0.232 e. The Hall–Kier alpha value is 0.200. The van der Waals surface area contributed by atoms with Crippen molar-refractivity contribution in [1.29, 1.82) is 0 Å². The quantitative estimate of drug-likeness (QED) is 0.728. The second-order valence-electron chi connectivity index (χ2n) is 5.68. The maximum atomic E-state index is 10.9. The van der Waals surface area contributed by atoms with Gasteiger partial charge in [0.05, 0.1) is 18.5 Å². The van der Waals surface area contributed by atoms with Crippen LogP contribution in [0.3, 0.4) is 0 Å². The molecule has 3 nitrogen and oxygen atoms in total. The first-order chi connectivity index (χ1) is 7.76. The van der Waals surface area contributed by atoms with E-state index in [1.165, 1.54) is 6.42 Å². The van der Waals surface area contributed by atoms with E-state index in [2.05, 4.69) is 13.8 Å². The fourth-order valence-corrected chi connectivity index (χ4v) is 4.12. The van der Waals surface area contributed by atoms with Gasteiger partial charge in [-0.3, -0.25) is 0 Å². The van der Waals surface area contributed by atoms with Gasteiger partial charge in [-0.15, -0.1) is 0 Å². The zero-order chi connectivity index (χ0) is 13.1. The van der Waals surface area contributed by atoms with E-state index in [0.717, 1.165) is 12.8 Å². The lowest BCUT2D eigenvalue weighted by Crippen LogP contribution is -2.28. The van der Waals surface area contributed by atoms with Gasteiger partial charge in [0, 0.05) is 10.7 Å². The van der Waals surface area contributed by atoms with Gasteiger partial charge < -0.3 is 4.74 Å². The minimum absolute atomic E-state index is 0.00756. The summed E-state index contributed by atoms with van der Waals surface area (Å²) in [6, 6.07) is 0. The molecule has 0 aliphatic heterocycles. The SMILES string of the molecule is CC1CC(C)CC(OCC(C)CS(=O)(=O)Cl)C1. The van der Waals surface area contributed by atoms with Gasteiger partial charge in [0.2, 0.25) is 9.05 Å². The summed E-state index contributed by atoms with van der Waals surface area (Å²) in [5.41, 5.74) is 0. The summed E-state index contributed by atoms with van der Waals surface area (Å²) in [5, 5.41) is 0. The zero-order valence-electron chi connectivity index (χ0n) is 10.9. The normalized spacial score (nSPS) is 32.4. The summed E-state index contributed by atoms with van der Waals surface area (Å²) >= 11 is 0. The Morgan fingerprint density at radius 3 is 2.24 bits per heavy atom. The molecular weight excluding hydrogens is 260 g/mol. The van der Waals surface area contributed by atoms with Crippen molar-refractivity contribution in [3.05, 3.63) is 0 Å². The molecule has 3 atom stereocenters. The molecule has 1 aliphatic carbocycles. The summed E-state index contributed by atoms with van der Waals surface area (Å²) in [7, 11) is 1.81. The van der Waals surface area contributed by atoms with Crippen LogP contribution < -0.4 is 0 Å². The van der Waals surface area contributed by atoms with Crippen molar-refractivity contribution in [1.82, 2.24) is 0 Å². The van der Waals surface area contributed by atoms with Gasteiger partial charge in [0.25, 0.3) is 0 Å². The van der Waals surface area contributed by atoms with Crippen molar-refractivity contribution in [3.63, 3.8) is 0 Å². The highest BCUT2D eigenvalue weighted by Gasteiger charge is 2.25. The number of hydrogen-bond acceptors (Lipinski definition) is 3. The number of ether oxygens (including phenoxy) is 1. The Balaban J connectivity index is 2.30. The largest absolute Gasteiger partial charge is 0.378 e. The molecule has 5 heteroatoms. The lowest BCUT2D eigenvalue weighted by molar-refractivity contribution is -0.0105. The maximum Gasteiger partial charge on any atom is 0.232 e. The van der Waals surface area contributed by atoms with E-state index in [9.17, 15) is 8.42 Å². The molecule has 1 rings (SSSR count). The molecule has 0 radical (unpaired) electrons. The maximum absolute atomic E-state index is 10.9. The van der Waals surface area contributed by atoms with Crippen LogP contribution >= 0.6 is 10.7 Å². The molecule has 0 heterocycles. The van der Waals surface area contributed by atoms with Gasteiger partial charge in [0.15, 0.2) is 0 Å². The van der Waals surface area contributed by atoms with Crippen molar-refractivity contribution in [3.8, 4) is 0 Å². The Labute approximate surface area is 109 Å². The second kappa shape index (κ2) is 6.39. The van der Waals surface area contributed by atoms with E-state index >= 15 is 0 Å². The first kappa shape index (κ1) is 15.3. The number of halogens is 1. The lowest BCUT2D eigenvalue weighted by atomic mass is 9.82. The Bertz CT molecular complexity index is 319. The molecule has 17 heavy (non-hydrogen) atoms. The van der Waals surface area contributed by atoms with Gasteiger partial charge in [-0.1, -0.05) is 20.8 Å². The van der Waals surface area contributed by atoms with Crippen molar-refractivity contribution in [2.75, 3.05) is 12.4 Å². The minimum atomic E-state index is -3.41. The molecule has 1 saturated carbocycles. The highest BCUT2D eigenvalue weighted by Crippen LogP contribution is 2.30. The number of rotatable bonds is 5. The lowest BCUT2D eigenvalue weighted by Gasteiger charge is -2.32. The van der Waals surface area contributed by atoms with Gasteiger partial charge in [-0.05, 0) is 37.0 Å². The summed E-state index contributed by atoms with van der Waals surface area (Å²) in [6.07, 6.45) is 3.73. The van der Waals surface area contributed by atoms with Crippen LogP contribution in [0.5, 0.6) is 0 Å². The molecule has 0 bridgehead atoms. The van der Waals surface area contributed by atoms with E-state index in [0.29, 0.717) is 18.4 Å². The Morgan fingerprint density at radius 2 is 1.76 bits per heavy atom. The van der Waals surface area contributed by atoms with E-state index in [1.54, 1.807) is 0 Å². The zero-order valence-corrected chi connectivity index (χ0v) is 12.4. The molecule has 0 spiro atoms. The third kappa shape index (κ3) is 6.63. The summed E-state index contributed by atoms with van der Waals surface area (Å²) in [4.78, 5) is 0. The first-order valence-electron chi connectivity index (χ1n) is 6.30. The van der Waals surface area contributed by atoms with Gasteiger partial charge >= 0.3 is 0 Å². The van der Waals surface area contributed by atoms with E-state index in [4.69, 9.17) is 15.4 Å². The highest BCUT2D eigenvalue weighted by atomic mass is 35.7. The second-order valence-corrected chi connectivity index (χ2v) is 8.51. The molecule has 0 aromatic rings. The monoisotopic (exact) mass is 282 g/mol. The van der Waals surface area contributed by atoms with Gasteiger partial charge in [0.1, 0.15) is 0 Å². The van der Waals surface area contributed by atoms with Crippen molar-refractivity contribution < 1.29 is 13.2 Å². The van der Waals surface area contributed by atoms with E-state index < -0.39 is 9.05 Å². The molecule has 0 aromatic carbocycles. The molecule has 1 aliphatic rings. The van der Waals surface area contributed by atoms with E-state index in [1.807, 2.05) is 6.92 Å². The van der Waals surface area contributed by atoms with Crippen LogP contribution in [0.2, 0.25) is 0 Å². The van der Waals surface area contributed by atoms with Crippen molar-refractivity contribution >= 4 is 19.7 Å². The Kier molecular flexibility index (Phi) is 5.74. The molecule has 1 fully saturated rings. The van der Waals surface area contributed by atoms with E-state index in [-0.39, 0.29) is 17.8 Å². The average molecular weight is 283 g/mol. The van der Waals surface area contributed by atoms with Crippen LogP contribution in [0, 0.1) is 17.8 Å². The van der Waals surface area contributed by atoms with Crippen LogP contribution in [0.1, 0.15) is 40.0 Å². The Morgan fingerprint density at radius 1 is 1.24 bits per heavy atom. The summed E-state index contributed by atoms with van der Waals surface area (Å²) in [5.74, 6) is 1.36. The van der Waals surface area contributed by atoms with Gasteiger partial charge in [-0.25, -0.2) is 8.42 Å². The minimum Gasteiger partial charge on any atom is -0.378 e. The third-order valence-electron chi connectivity index (χ3n) is 3.24. The van der Waals surface area contributed by atoms with Gasteiger partial charge in [-0.2, -0.15) is 0 Å². The molecule has 0 amide bonds. The molecule has 3 unspecified atom stereocenters. The van der Waals surface area contributed by atoms with Crippen LogP contribution in [-0.4, -0.2) is 26.9 Å². The predicted octanol–water partition coefficient (Wildman–Crippen LogP) is 3.03. The van der Waals surface area contributed by atoms with Crippen molar-refractivity contribution in [2.45, 2.75) is 46.1 Å². The van der Waals surface area contributed by atoms with Crippen LogP contribution in [0.15, 0.2) is 0 Å². The topological polar surface area (TPSA) is 43.4 Å². The fourth-order valence-electron chi connectivity index (χ4n) is 2.70. The predicted molar refractivity (Wildman–Crippen MR) is 70.7 cm³/mol. The average Bonchev–Trinajstić information content (AvgIpc) is 2.10. The van der Waals surface area contributed by atoms with Crippen LogP contribution in [0.4, 0.5) is 0 Å². The first-order valence-corrected chi connectivity index (χ1v) is 8.78.